The number of hydrogen-bond donors (Lipinski definition) is 1. The fourth-order valence-corrected chi connectivity index (χ4v) is 2.85. The van der Waals surface area contributed by atoms with Gasteiger partial charge in [0.15, 0.2) is 11.5 Å². The molecule has 1 aliphatic rings. The third kappa shape index (κ3) is 2.39. The van der Waals surface area contributed by atoms with Crippen molar-refractivity contribution in [2.45, 2.75) is 13.1 Å². The van der Waals surface area contributed by atoms with Crippen LogP contribution in [-0.2, 0) is 13.1 Å². The second-order valence-corrected chi connectivity index (χ2v) is 5.27. The van der Waals surface area contributed by atoms with E-state index in [1.54, 1.807) is 21.3 Å². The van der Waals surface area contributed by atoms with Crippen molar-refractivity contribution in [1.29, 1.82) is 0 Å². The minimum atomic E-state index is 0.606. The number of fused-ring (bicyclic) bond motifs is 1. The van der Waals surface area contributed by atoms with Gasteiger partial charge < -0.3 is 24.8 Å². The molecule has 0 aliphatic carbocycles. The molecule has 0 spiro atoms. The molecule has 5 heteroatoms. The van der Waals surface area contributed by atoms with Crippen molar-refractivity contribution in [2.24, 2.45) is 0 Å². The second-order valence-electron chi connectivity index (χ2n) is 5.27. The molecule has 1 heterocycles. The van der Waals surface area contributed by atoms with Crippen LogP contribution in [0, 0.1) is 0 Å². The monoisotopic (exact) mass is 300 g/mol. The van der Waals surface area contributed by atoms with Crippen molar-refractivity contribution in [3.05, 3.63) is 41.5 Å². The zero-order chi connectivity index (χ0) is 15.7. The van der Waals surface area contributed by atoms with E-state index in [9.17, 15) is 0 Å². The largest absolute Gasteiger partial charge is 0.493 e. The summed E-state index contributed by atoms with van der Waals surface area (Å²) in [5.41, 5.74) is 10.3. The normalized spacial score (nSPS) is 13.0. The van der Waals surface area contributed by atoms with Crippen LogP contribution in [-0.4, -0.2) is 21.3 Å². The average Bonchev–Trinajstić information content (AvgIpc) is 2.96. The Morgan fingerprint density at radius 2 is 1.50 bits per heavy atom. The van der Waals surface area contributed by atoms with Gasteiger partial charge in [0, 0.05) is 36.6 Å². The van der Waals surface area contributed by atoms with Gasteiger partial charge in [-0.05, 0) is 23.3 Å². The first-order valence-electron chi connectivity index (χ1n) is 7.08. The van der Waals surface area contributed by atoms with Crippen LogP contribution in [0.4, 0.5) is 11.4 Å². The summed E-state index contributed by atoms with van der Waals surface area (Å²) < 4.78 is 16.2. The van der Waals surface area contributed by atoms with E-state index in [-0.39, 0.29) is 0 Å². The summed E-state index contributed by atoms with van der Waals surface area (Å²) >= 11 is 0. The van der Waals surface area contributed by atoms with E-state index in [0.717, 1.165) is 24.5 Å². The number of nitrogen functional groups attached to an aromatic ring is 1. The number of rotatable bonds is 4. The molecule has 0 bridgehead atoms. The number of anilines is 2. The highest BCUT2D eigenvalue weighted by molar-refractivity contribution is 5.65. The lowest BCUT2D eigenvalue weighted by Crippen LogP contribution is -2.14. The number of methoxy groups -OCH3 is 3. The molecule has 0 atom stereocenters. The van der Waals surface area contributed by atoms with Crippen molar-refractivity contribution in [2.75, 3.05) is 32.0 Å². The Labute approximate surface area is 130 Å². The number of hydrogen-bond acceptors (Lipinski definition) is 5. The third-order valence-electron chi connectivity index (χ3n) is 3.97. The zero-order valence-electron chi connectivity index (χ0n) is 13.1. The first kappa shape index (κ1) is 14.4. The van der Waals surface area contributed by atoms with Crippen molar-refractivity contribution >= 4 is 11.4 Å². The van der Waals surface area contributed by atoms with Crippen LogP contribution in [0.2, 0.25) is 0 Å². The van der Waals surface area contributed by atoms with E-state index in [4.69, 9.17) is 19.9 Å². The lowest BCUT2D eigenvalue weighted by atomic mass is 10.1. The molecular formula is C17H20N2O3. The highest BCUT2D eigenvalue weighted by Crippen LogP contribution is 2.42. The van der Waals surface area contributed by atoms with E-state index in [1.165, 1.54) is 11.1 Å². The first-order chi connectivity index (χ1) is 10.7. The van der Waals surface area contributed by atoms with Crippen LogP contribution in [0.5, 0.6) is 17.2 Å². The van der Waals surface area contributed by atoms with Gasteiger partial charge in [0.2, 0.25) is 5.75 Å². The lowest BCUT2D eigenvalue weighted by Gasteiger charge is -2.21. The molecule has 0 radical (unpaired) electrons. The molecular weight excluding hydrogens is 280 g/mol. The van der Waals surface area contributed by atoms with E-state index in [1.807, 2.05) is 24.3 Å². The highest BCUT2D eigenvalue weighted by Gasteiger charge is 2.22. The smallest absolute Gasteiger partial charge is 0.203 e. The van der Waals surface area contributed by atoms with Gasteiger partial charge in [-0.2, -0.15) is 0 Å². The quantitative estimate of drug-likeness (QED) is 0.880. The summed E-state index contributed by atoms with van der Waals surface area (Å²) in [5.74, 6) is 1.93. The summed E-state index contributed by atoms with van der Waals surface area (Å²) in [6.45, 7) is 1.66. The van der Waals surface area contributed by atoms with E-state index >= 15 is 0 Å². The standard InChI is InChI=1S/C17H20N2O3/c1-20-15-7-14(8-16(21-2)17(15)22-3)19-9-11-4-5-13(18)6-12(11)10-19/h4-8H,9-10,18H2,1-3H3. The Morgan fingerprint density at radius 3 is 2.09 bits per heavy atom. The molecule has 0 fully saturated rings. The number of ether oxygens (including phenoxy) is 3. The predicted octanol–water partition coefficient (Wildman–Crippen LogP) is 2.81. The molecule has 0 saturated heterocycles. The number of benzene rings is 2. The molecule has 22 heavy (non-hydrogen) atoms. The molecule has 0 saturated carbocycles. The molecule has 0 amide bonds. The highest BCUT2D eigenvalue weighted by atomic mass is 16.5. The maximum Gasteiger partial charge on any atom is 0.203 e. The SMILES string of the molecule is COc1cc(N2Cc3ccc(N)cc3C2)cc(OC)c1OC. The van der Waals surface area contributed by atoms with Crippen LogP contribution in [0.3, 0.4) is 0 Å². The predicted molar refractivity (Wildman–Crippen MR) is 86.8 cm³/mol. The maximum absolute atomic E-state index is 5.87. The first-order valence-corrected chi connectivity index (χ1v) is 7.08. The van der Waals surface area contributed by atoms with E-state index in [2.05, 4.69) is 11.0 Å². The van der Waals surface area contributed by atoms with Gasteiger partial charge in [-0.1, -0.05) is 6.07 Å². The molecule has 2 aromatic rings. The Balaban J connectivity index is 1.97. The molecule has 5 nitrogen and oxygen atoms in total. The van der Waals surface area contributed by atoms with E-state index in [0.29, 0.717) is 17.2 Å². The van der Waals surface area contributed by atoms with Gasteiger partial charge in [0.1, 0.15) is 0 Å². The van der Waals surface area contributed by atoms with Crippen LogP contribution in [0.1, 0.15) is 11.1 Å². The summed E-state index contributed by atoms with van der Waals surface area (Å²) in [6.07, 6.45) is 0. The van der Waals surface area contributed by atoms with Gasteiger partial charge in [-0.15, -0.1) is 0 Å². The van der Waals surface area contributed by atoms with Crippen molar-refractivity contribution in [3.63, 3.8) is 0 Å². The number of nitrogens with zero attached hydrogens (tertiary/aromatic N) is 1. The molecule has 3 rings (SSSR count). The third-order valence-corrected chi connectivity index (χ3v) is 3.97. The summed E-state index contributed by atoms with van der Waals surface area (Å²) in [7, 11) is 4.86. The average molecular weight is 300 g/mol. The van der Waals surface area contributed by atoms with Gasteiger partial charge in [-0.25, -0.2) is 0 Å². The van der Waals surface area contributed by atoms with Crippen LogP contribution in [0.25, 0.3) is 0 Å². The van der Waals surface area contributed by atoms with Crippen molar-refractivity contribution in [1.82, 2.24) is 0 Å². The topological polar surface area (TPSA) is 57.0 Å². The summed E-state index contributed by atoms with van der Waals surface area (Å²) in [6, 6.07) is 10.0. The van der Waals surface area contributed by atoms with E-state index < -0.39 is 0 Å². The Morgan fingerprint density at radius 1 is 0.864 bits per heavy atom. The summed E-state index contributed by atoms with van der Waals surface area (Å²) in [4.78, 5) is 2.26. The molecule has 2 aromatic carbocycles. The van der Waals surface area contributed by atoms with Crippen molar-refractivity contribution < 1.29 is 14.2 Å². The van der Waals surface area contributed by atoms with Gasteiger partial charge >= 0.3 is 0 Å². The Hall–Kier alpha value is -2.56. The fourth-order valence-electron chi connectivity index (χ4n) is 2.85. The summed E-state index contributed by atoms with van der Waals surface area (Å²) in [5, 5.41) is 0. The Bertz CT molecular complexity index is 675. The van der Waals surface area contributed by atoms with Crippen LogP contribution in [0.15, 0.2) is 30.3 Å². The fraction of sp³-hybridized carbons (Fsp3) is 0.294. The number of nitrogens with two attached hydrogens (primary N) is 1. The molecule has 116 valence electrons. The second kappa shape index (κ2) is 5.67. The minimum absolute atomic E-state index is 0.606. The van der Waals surface area contributed by atoms with Crippen LogP contribution >= 0.6 is 0 Å². The Kier molecular flexibility index (Phi) is 3.71. The lowest BCUT2D eigenvalue weighted by molar-refractivity contribution is 0.324. The minimum Gasteiger partial charge on any atom is -0.493 e. The molecule has 0 aromatic heterocycles. The van der Waals surface area contributed by atoms with Crippen molar-refractivity contribution in [3.8, 4) is 17.2 Å². The molecule has 2 N–H and O–H groups in total. The maximum atomic E-state index is 5.87. The van der Waals surface area contributed by atoms with Gasteiger partial charge in [0.25, 0.3) is 0 Å². The van der Waals surface area contributed by atoms with Gasteiger partial charge in [-0.3, -0.25) is 0 Å². The van der Waals surface area contributed by atoms with Gasteiger partial charge in [0.05, 0.1) is 21.3 Å². The molecule has 0 unspecified atom stereocenters. The zero-order valence-corrected chi connectivity index (χ0v) is 13.1. The molecule has 1 aliphatic heterocycles. The van der Waals surface area contributed by atoms with Crippen LogP contribution < -0.4 is 24.8 Å².